The molecule has 0 heterocycles. The van der Waals surface area contributed by atoms with Crippen LogP contribution in [0.25, 0.3) is 0 Å². The van der Waals surface area contributed by atoms with E-state index in [0.29, 0.717) is 12.1 Å². The van der Waals surface area contributed by atoms with Crippen LogP contribution in [-0.4, -0.2) is 60.3 Å². The minimum absolute atomic E-state index is 0.255. The van der Waals surface area contributed by atoms with Crippen molar-refractivity contribution < 1.29 is 5.11 Å². The number of rotatable bonds is 6. The lowest BCUT2D eigenvalue weighted by Gasteiger charge is -2.33. The Morgan fingerprint density at radius 3 is 1.64 bits per heavy atom. The standard InChI is InChI=1S/C11H26N2O/c1-9(2)13(10(3)4)8-11(14)7-12(5)6/h9-11,14H,7-8H2,1-6H3/t11-/m0/s1. The Balaban J connectivity index is 4.03. The largest absolute Gasteiger partial charge is 0.390 e. The van der Waals surface area contributed by atoms with E-state index < -0.39 is 0 Å². The molecule has 0 bridgehead atoms. The lowest BCUT2D eigenvalue weighted by molar-refractivity contribution is 0.0596. The second-order valence-electron chi connectivity index (χ2n) is 4.80. The average Bonchev–Trinajstić information content (AvgIpc) is 1.97. The van der Waals surface area contributed by atoms with E-state index in [1.165, 1.54) is 0 Å². The predicted molar refractivity (Wildman–Crippen MR) is 61.5 cm³/mol. The van der Waals surface area contributed by atoms with Crippen molar-refractivity contribution >= 4 is 0 Å². The Bertz CT molecular complexity index is 138. The maximum atomic E-state index is 9.80. The van der Waals surface area contributed by atoms with Crippen molar-refractivity contribution in [2.75, 3.05) is 27.2 Å². The van der Waals surface area contributed by atoms with Crippen LogP contribution in [0, 0.1) is 0 Å². The van der Waals surface area contributed by atoms with Crippen LogP contribution < -0.4 is 0 Å². The Morgan fingerprint density at radius 2 is 1.36 bits per heavy atom. The molecule has 0 aliphatic carbocycles. The summed E-state index contributed by atoms with van der Waals surface area (Å²) in [6, 6.07) is 0.985. The minimum Gasteiger partial charge on any atom is -0.390 e. The maximum Gasteiger partial charge on any atom is 0.0793 e. The highest BCUT2D eigenvalue weighted by molar-refractivity contribution is 4.72. The number of nitrogens with zero attached hydrogens (tertiary/aromatic N) is 2. The van der Waals surface area contributed by atoms with Gasteiger partial charge in [0.25, 0.3) is 0 Å². The molecular weight excluding hydrogens is 176 g/mol. The van der Waals surface area contributed by atoms with Crippen molar-refractivity contribution in [3.8, 4) is 0 Å². The summed E-state index contributed by atoms with van der Waals surface area (Å²) in [5.41, 5.74) is 0. The van der Waals surface area contributed by atoms with Crippen LogP contribution in [0.1, 0.15) is 27.7 Å². The van der Waals surface area contributed by atoms with Gasteiger partial charge in [-0.2, -0.15) is 0 Å². The predicted octanol–water partition coefficient (Wildman–Crippen LogP) is 1.03. The van der Waals surface area contributed by atoms with Gasteiger partial charge in [-0.3, -0.25) is 4.90 Å². The van der Waals surface area contributed by atoms with E-state index in [1.807, 2.05) is 19.0 Å². The molecule has 0 aromatic heterocycles. The topological polar surface area (TPSA) is 26.7 Å². The van der Waals surface area contributed by atoms with Crippen molar-refractivity contribution in [2.24, 2.45) is 0 Å². The minimum atomic E-state index is -0.255. The van der Waals surface area contributed by atoms with E-state index in [4.69, 9.17) is 0 Å². The number of hydrogen-bond acceptors (Lipinski definition) is 3. The first kappa shape index (κ1) is 13.9. The van der Waals surface area contributed by atoms with Crippen molar-refractivity contribution in [1.82, 2.24) is 9.80 Å². The molecule has 0 amide bonds. The van der Waals surface area contributed by atoms with Gasteiger partial charge < -0.3 is 10.0 Å². The lowest BCUT2D eigenvalue weighted by atomic mass is 10.2. The molecule has 0 fully saturated rings. The molecule has 0 aliphatic rings. The fraction of sp³-hybridized carbons (Fsp3) is 1.00. The van der Waals surface area contributed by atoms with Crippen molar-refractivity contribution in [3.05, 3.63) is 0 Å². The third-order valence-corrected chi connectivity index (χ3v) is 2.32. The molecule has 0 unspecified atom stereocenters. The fourth-order valence-corrected chi connectivity index (χ4v) is 1.74. The monoisotopic (exact) mass is 202 g/mol. The molecule has 0 rings (SSSR count). The molecule has 3 nitrogen and oxygen atoms in total. The lowest BCUT2D eigenvalue weighted by Crippen LogP contribution is -2.44. The summed E-state index contributed by atoms with van der Waals surface area (Å²) >= 11 is 0. The maximum absolute atomic E-state index is 9.80. The zero-order valence-corrected chi connectivity index (χ0v) is 10.5. The highest BCUT2D eigenvalue weighted by Gasteiger charge is 2.17. The van der Waals surface area contributed by atoms with E-state index in [1.54, 1.807) is 0 Å². The van der Waals surface area contributed by atoms with Gasteiger partial charge in [0.05, 0.1) is 6.10 Å². The number of hydrogen-bond donors (Lipinski definition) is 1. The van der Waals surface area contributed by atoms with Crippen molar-refractivity contribution in [1.29, 1.82) is 0 Å². The van der Waals surface area contributed by atoms with Gasteiger partial charge >= 0.3 is 0 Å². The number of aliphatic hydroxyl groups excluding tert-OH is 1. The van der Waals surface area contributed by atoms with Crippen LogP contribution in [0.4, 0.5) is 0 Å². The first-order valence-corrected chi connectivity index (χ1v) is 5.43. The Kier molecular flexibility index (Phi) is 6.33. The van der Waals surface area contributed by atoms with Crippen LogP contribution in [0.15, 0.2) is 0 Å². The van der Waals surface area contributed by atoms with Gasteiger partial charge in [-0.05, 0) is 41.8 Å². The summed E-state index contributed by atoms with van der Waals surface area (Å²) < 4.78 is 0. The van der Waals surface area contributed by atoms with E-state index in [0.717, 1.165) is 13.1 Å². The van der Waals surface area contributed by atoms with E-state index in [-0.39, 0.29) is 6.10 Å². The van der Waals surface area contributed by atoms with E-state index in [9.17, 15) is 5.11 Å². The van der Waals surface area contributed by atoms with Gasteiger partial charge in [0.2, 0.25) is 0 Å². The van der Waals surface area contributed by atoms with Gasteiger partial charge in [-0.25, -0.2) is 0 Å². The van der Waals surface area contributed by atoms with E-state index >= 15 is 0 Å². The first-order chi connectivity index (χ1) is 6.34. The van der Waals surface area contributed by atoms with Crippen molar-refractivity contribution in [3.63, 3.8) is 0 Å². The molecule has 1 N–H and O–H groups in total. The quantitative estimate of drug-likeness (QED) is 0.697. The highest BCUT2D eigenvalue weighted by atomic mass is 16.3. The Labute approximate surface area is 88.7 Å². The third-order valence-electron chi connectivity index (χ3n) is 2.32. The second-order valence-corrected chi connectivity index (χ2v) is 4.80. The molecular formula is C11H26N2O. The molecule has 1 atom stereocenters. The third kappa shape index (κ3) is 5.58. The second kappa shape index (κ2) is 6.38. The SMILES string of the molecule is CC(C)N(C[C@@H](O)CN(C)C)C(C)C. The van der Waals surface area contributed by atoms with Crippen LogP contribution in [0.5, 0.6) is 0 Å². The van der Waals surface area contributed by atoms with E-state index in [2.05, 4.69) is 32.6 Å². The number of aliphatic hydroxyl groups is 1. The number of likely N-dealkylation sites (N-methyl/N-ethyl adjacent to an activating group) is 1. The first-order valence-electron chi connectivity index (χ1n) is 5.43. The van der Waals surface area contributed by atoms with Gasteiger partial charge in [0.15, 0.2) is 0 Å². The van der Waals surface area contributed by atoms with Crippen LogP contribution in [0.3, 0.4) is 0 Å². The smallest absolute Gasteiger partial charge is 0.0793 e. The van der Waals surface area contributed by atoms with Crippen LogP contribution in [0.2, 0.25) is 0 Å². The van der Waals surface area contributed by atoms with Gasteiger partial charge in [0, 0.05) is 25.2 Å². The highest BCUT2D eigenvalue weighted by Crippen LogP contribution is 2.06. The average molecular weight is 202 g/mol. The van der Waals surface area contributed by atoms with Gasteiger partial charge in [-0.15, -0.1) is 0 Å². The summed E-state index contributed by atoms with van der Waals surface area (Å²) in [6.45, 7) is 10.2. The molecule has 0 aliphatic heterocycles. The summed E-state index contributed by atoms with van der Waals surface area (Å²) in [5, 5.41) is 9.80. The fourth-order valence-electron chi connectivity index (χ4n) is 1.74. The molecule has 0 radical (unpaired) electrons. The summed E-state index contributed by atoms with van der Waals surface area (Å²) in [5.74, 6) is 0. The Morgan fingerprint density at radius 1 is 0.929 bits per heavy atom. The van der Waals surface area contributed by atoms with Crippen LogP contribution in [-0.2, 0) is 0 Å². The normalized spacial score (nSPS) is 14.8. The van der Waals surface area contributed by atoms with Gasteiger partial charge in [0.1, 0.15) is 0 Å². The summed E-state index contributed by atoms with van der Waals surface area (Å²) in [4.78, 5) is 4.33. The zero-order chi connectivity index (χ0) is 11.3. The summed E-state index contributed by atoms with van der Waals surface area (Å²) in [7, 11) is 3.97. The molecule has 3 heteroatoms. The molecule has 86 valence electrons. The van der Waals surface area contributed by atoms with Gasteiger partial charge in [-0.1, -0.05) is 0 Å². The molecule has 0 spiro atoms. The molecule has 0 saturated heterocycles. The Hall–Kier alpha value is -0.120. The van der Waals surface area contributed by atoms with Crippen LogP contribution >= 0.6 is 0 Å². The zero-order valence-electron chi connectivity index (χ0n) is 10.5. The molecule has 0 saturated carbocycles. The summed E-state index contributed by atoms with van der Waals surface area (Å²) in [6.07, 6.45) is -0.255. The molecule has 14 heavy (non-hydrogen) atoms. The molecule has 0 aromatic rings. The molecule has 0 aromatic carbocycles. The van der Waals surface area contributed by atoms with Crippen molar-refractivity contribution in [2.45, 2.75) is 45.9 Å².